The number of carbonyl (C=O) groups excluding carboxylic acids is 2. The molecule has 2 N–H and O–H groups in total. The molecule has 0 spiro atoms. The van der Waals surface area contributed by atoms with Crippen LogP contribution in [0.2, 0.25) is 0 Å². The molecule has 1 aromatic carbocycles. The molecule has 1 saturated heterocycles. The molecule has 1 aromatic rings. The van der Waals surface area contributed by atoms with Gasteiger partial charge >= 0.3 is 0 Å². The molecule has 20 heavy (non-hydrogen) atoms. The molecule has 1 heterocycles. The Balaban J connectivity index is 1.82. The summed E-state index contributed by atoms with van der Waals surface area (Å²) in [6, 6.07) is 7.25. The summed E-state index contributed by atoms with van der Waals surface area (Å²) < 4.78 is 0. The Labute approximate surface area is 118 Å². The minimum atomic E-state index is -0.305. The van der Waals surface area contributed by atoms with Crippen LogP contribution in [0, 0.1) is 6.92 Å². The molecule has 0 atom stereocenters. The minimum Gasteiger partial charge on any atom is -0.393 e. The van der Waals surface area contributed by atoms with Crippen molar-refractivity contribution >= 4 is 11.8 Å². The highest BCUT2D eigenvalue weighted by Gasteiger charge is 2.21. The molecule has 0 radical (unpaired) electrons. The topological polar surface area (TPSA) is 69.6 Å². The van der Waals surface area contributed by atoms with Gasteiger partial charge in [0.1, 0.15) is 0 Å². The van der Waals surface area contributed by atoms with E-state index in [9.17, 15) is 14.7 Å². The van der Waals surface area contributed by atoms with Gasteiger partial charge in [-0.3, -0.25) is 9.59 Å². The summed E-state index contributed by atoms with van der Waals surface area (Å²) in [7, 11) is 0. The first kappa shape index (κ1) is 14.5. The molecule has 1 aliphatic rings. The van der Waals surface area contributed by atoms with Crippen LogP contribution in [0.5, 0.6) is 0 Å². The first-order chi connectivity index (χ1) is 9.56. The van der Waals surface area contributed by atoms with Crippen molar-refractivity contribution in [3.63, 3.8) is 0 Å². The number of amides is 2. The van der Waals surface area contributed by atoms with E-state index < -0.39 is 0 Å². The Morgan fingerprint density at radius 3 is 2.70 bits per heavy atom. The van der Waals surface area contributed by atoms with E-state index in [0.29, 0.717) is 31.5 Å². The predicted molar refractivity (Wildman–Crippen MR) is 75.3 cm³/mol. The summed E-state index contributed by atoms with van der Waals surface area (Å²) in [6.07, 6.45) is 0.913. The molecule has 2 rings (SSSR count). The molecule has 0 aliphatic carbocycles. The fourth-order valence-electron chi connectivity index (χ4n) is 2.27. The highest BCUT2D eigenvalue weighted by molar-refractivity contribution is 5.96. The van der Waals surface area contributed by atoms with Crippen LogP contribution in [0.15, 0.2) is 24.3 Å². The number of nitrogens with zero attached hydrogens (tertiary/aromatic N) is 1. The van der Waals surface area contributed by atoms with Gasteiger partial charge in [-0.15, -0.1) is 0 Å². The van der Waals surface area contributed by atoms with Crippen molar-refractivity contribution in [3.8, 4) is 0 Å². The largest absolute Gasteiger partial charge is 0.393 e. The van der Waals surface area contributed by atoms with Crippen LogP contribution in [0.3, 0.4) is 0 Å². The highest BCUT2D eigenvalue weighted by atomic mass is 16.3. The molecule has 0 unspecified atom stereocenters. The molecular formula is C15H20N2O3. The summed E-state index contributed by atoms with van der Waals surface area (Å²) in [5.74, 6) is -0.336. The van der Waals surface area contributed by atoms with Crippen molar-refractivity contribution in [2.45, 2.75) is 25.9 Å². The van der Waals surface area contributed by atoms with Crippen LogP contribution in [0.1, 0.15) is 28.8 Å². The van der Waals surface area contributed by atoms with Gasteiger partial charge in [-0.2, -0.15) is 0 Å². The van der Waals surface area contributed by atoms with Crippen molar-refractivity contribution in [1.29, 1.82) is 0 Å². The summed E-state index contributed by atoms with van der Waals surface area (Å²) in [4.78, 5) is 25.5. The third-order valence-corrected chi connectivity index (χ3v) is 3.50. The lowest BCUT2D eigenvalue weighted by atomic mass is 10.1. The monoisotopic (exact) mass is 276 g/mol. The normalized spacial score (nSPS) is 16.0. The maximum atomic E-state index is 11.9. The maximum absolute atomic E-state index is 11.9. The summed E-state index contributed by atoms with van der Waals surface area (Å²) >= 11 is 0. The van der Waals surface area contributed by atoms with Crippen molar-refractivity contribution in [2.24, 2.45) is 0 Å². The average Bonchev–Trinajstić information content (AvgIpc) is 2.45. The van der Waals surface area contributed by atoms with Gasteiger partial charge in [-0.25, -0.2) is 0 Å². The number of aliphatic hydroxyl groups excluding tert-OH is 1. The van der Waals surface area contributed by atoms with Gasteiger partial charge in [0.2, 0.25) is 5.91 Å². The van der Waals surface area contributed by atoms with Crippen molar-refractivity contribution in [2.75, 3.05) is 19.6 Å². The number of piperidine rings is 1. The van der Waals surface area contributed by atoms with Gasteiger partial charge < -0.3 is 15.3 Å². The van der Waals surface area contributed by atoms with Crippen LogP contribution < -0.4 is 5.32 Å². The number of benzene rings is 1. The SMILES string of the molecule is Cc1cccc(C(=O)NCC(=O)N2CCC(O)CC2)c1. The van der Waals surface area contributed by atoms with Crippen LogP contribution in [-0.2, 0) is 4.79 Å². The van der Waals surface area contributed by atoms with Crippen LogP contribution in [0.4, 0.5) is 0 Å². The first-order valence-electron chi connectivity index (χ1n) is 6.87. The summed E-state index contributed by atoms with van der Waals surface area (Å²) in [5.41, 5.74) is 1.57. The predicted octanol–water partition coefficient (Wildman–Crippen LogP) is 0.708. The molecule has 0 bridgehead atoms. The fourth-order valence-corrected chi connectivity index (χ4v) is 2.27. The number of carbonyl (C=O) groups is 2. The average molecular weight is 276 g/mol. The lowest BCUT2D eigenvalue weighted by molar-refractivity contribution is -0.132. The molecule has 5 heteroatoms. The summed E-state index contributed by atoms with van der Waals surface area (Å²) in [6.45, 7) is 3.03. The van der Waals surface area contributed by atoms with Crippen molar-refractivity contribution in [1.82, 2.24) is 10.2 Å². The van der Waals surface area contributed by atoms with Crippen molar-refractivity contribution in [3.05, 3.63) is 35.4 Å². The zero-order chi connectivity index (χ0) is 14.5. The van der Waals surface area contributed by atoms with Crippen LogP contribution >= 0.6 is 0 Å². The first-order valence-corrected chi connectivity index (χ1v) is 6.87. The molecular weight excluding hydrogens is 256 g/mol. The Bertz CT molecular complexity index is 494. The zero-order valence-corrected chi connectivity index (χ0v) is 11.6. The number of nitrogens with one attached hydrogen (secondary N) is 1. The minimum absolute atomic E-state index is 0.00285. The highest BCUT2D eigenvalue weighted by Crippen LogP contribution is 2.09. The summed E-state index contributed by atoms with van der Waals surface area (Å²) in [5, 5.41) is 12.0. The smallest absolute Gasteiger partial charge is 0.251 e. The number of hydrogen-bond donors (Lipinski definition) is 2. The third kappa shape index (κ3) is 3.81. The second kappa shape index (κ2) is 6.52. The van der Waals surface area contributed by atoms with Crippen molar-refractivity contribution < 1.29 is 14.7 Å². The quantitative estimate of drug-likeness (QED) is 0.854. The van der Waals surface area contributed by atoms with E-state index >= 15 is 0 Å². The molecule has 1 fully saturated rings. The number of rotatable bonds is 3. The Morgan fingerprint density at radius 1 is 1.35 bits per heavy atom. The van der Waals surface area contributed by atoms with E-state index in [1.165, 1.54) is 0 Å². The molecule has 108 valence electrons. The number of aryl methyl sites for hydroxylation is 1. The van der Waals surface area contributed by atoms with Crippen LogP contribution in [-0.4, -0.2) is 47.6 Å². The van der Waals surface area contributed by atoms with Gasteiger partial charge in [0, 0.05) is 18.7 Å². The molecule has 5 nitrogen and oxygen atoms in total. The van der Waals surface area contributed by atoms with Gasteiger partial charge in [0.05, 0.1) is 12.6 Å². The van der Waals surface area contributed by atoms with Gasteiger partial charge in [-0.05, 0) is 31.9 Å². The van der Waals surface area contributed by atoms with E-state index in [0.717, 1.165) is 5.56 Å². The van der Waals surface area contributed by atoms with E-state index in [1.807, 2.05) is 19.1 Å². The lowest BCUT2D eigenvalue weighted by Gasteiger charge is -2.29. The Hall–Kier alpha value is -1.88. The third-order valence-electron chi connectivity index (χ3n) is 3.50. The van der Waals surface area contributed by atoms with Gasteiger partial charge in [0.25, 0.3) is 5.91 Å². The molecule has 0 aromatic heterocycles. The van der Waals surface area contributed by atoms with E-state index in [2.05, 4.69) is 5.32 Å². The molecule has 0 saturated carbocycles. The molecule has 2 amide bonds. The fraction of sp³-hybridized carbons (Fsp3) is 0.467. The number of hydrogen-bond acceptors (Lipinski definition) is 3. The number of aliphatic hydroxyl groups is 1. The Kier molecular flexibility index (Phi) is 4.74. The van der Waals surface area contributed by atoms with E-state index in [1.54, 1.807) is 17.0 Å². The van der Waals surface area contributed by atoms with Gasteiger partial charge in [-0.1, -0.05) is 17.7 Å². The molecule has 1 aliphatic heterocycles. The zero-order valence-electron chi connectivity index (χ0n) is 11.6. The lowest BCUT2D eigenvalue weighted by Crippen LogP contribution is -2.45. The second-order valence-corrected chi connectivity index (χ2v) is 5.16. The Morgan fingerprint density at radius 2 is 2.05 bits per heavy atom. The maximum Gasteiger partial charge on any atom is 0.251 e. The second-order valence-electron chi connectivity index (χ2n) is 5.16. The van der Waals surface area contributed by atoms with Gasteiger partial charge in [0.15, 0.2) is 0 Å². The number of likely N-dealkylation sites (tertiary alicyclic amines) is 1. The van der Waals surface area contributed by atoms with E-state index in [4.69, 9.17) is 0 Å². The standard InChI is InChI=1S/C15H20N2O3/c1-11-3-2-4-12(9-11)15(20)16-10-14(19)17-7-5-13(18)6-8-17/h2-4,9,13,18H,5-8,10H2,1H3,(H,16,20). The van der Waals surface area contributed by atoms with Crippen LogP contribution in [0.25, 0.3) is 0 Å². The van der Waals surface area contributed by atoms with E-state index in [-0.39, 0.29) is 24.5 Å².